The lowest BCUT2D eigenvalue weighted by molar-refractivity contribution is -0.118. The summed E-state index contributed by atoms with van der Waals surface area (Å²) in [5.41, 5.74) is 6.38. The Balaban J connectivity index is 1.87. The van der Waals surface area contributed by atoms with Gasteiger partial charge in [-0.3, -0.25) is 9.89 Å². The van der Waals surface area contributed by atoms with Gasteiger partial charge >= 0.3 is 0 Å². The lowest BCUT2D eigenvalue weighted by Crippen LogP contribution is -2.32. The van der Waals surface area contributed by atoms with Gasteiger partial charge in [-0.05, 0) is 37.5 Å². The maximum atomic E-state index is 12.7. The van der Waals surface area contributed by atoms with Crippen molar-refractivity contribution in [3.63, 3.8) is 0 Å². The predicted octanol–water partition coefficient (Wildman–Crippen LogP) is 3.45. The van der Waals surface area contributed by atoms with Crippen molar-refractivity contribution in [2.45, 2.75) is 58.8 Å². The van der Waals surface area contributed by atoms with E-state index in [2.05, 4.69) is 31.0 Å². The molecule has 3 aliphatic carbocycles. The summed E-state index contributed by atoms with van der Waals surface area (Å²) in [5, 5.41) is 7.66. The molecule has 20 heavy (non-hydrogen) atoms. The average Bonchev–Trinajstić information content (AvgIpc) is 3.11. The molecule has 3 nitrogen and oxygen atoms in total. The SMILES string of the molecule is Cc1[nH]nc2c1C(C1CC1)C1=C(C2)CC(C)(C)CC1=O. The molecule has 3 aliphatic rings. The Morgan fingerprint density at radius 1 is 1.25 bits per heavy atom. The molecule has 0 spiro atoms. The van der Waals surface area contributed by atoms with E-state index in [0.29, 0.717) is 24.0 Å². The fourth-order valence-electron chi connectivity index (χ4n) is 4.30. The molecule has 1 fully saturated rings. The smallest absolute Gasteiger partial charge is 0.160 e. The molecule has 1 atom stereocenters. The van der Waals surface area contributed by atoms with Crippen LogP contribution in [0.3, 0.4) is 0 Å². The van der Waals surface area contributed by atoms with Gasteiger partial charge in [0.25, 0.3) is 0 Å². The maximum Gasteiger partial charge on any atom is 0.160 e. The topological polar surface area (TPSA) is 45.8 Å². The van der Waals surface area contributed by atoms with Crippen molar-refractivity contribution in [1.29, 1.82) is 0 Å². The van der Waals surface area contributed by atoms with E-state index in [9.17, 15) is 4.79 Å². The summed E-state index contributed by atoms with van der Waals surface area (Å²) in [5.74, 6) is 1.43. The van der Waals surface area contributed by atoms with E-state index in [0.717, 1.165) is 12.8 Å². The van der Waals surface area contributed by atoms with E-state index >= 15 is 0 Å². The number of nitrogens with zero attached hydrogens (tertiary/aromatic N) is 1. The predicted molar refractivity (Wildman–Crippen MR) is 77.5 cm³/mol. The molecule has 1 saturated carbocycles. The maximum absolute atomic E-state index is 12.7. The summed E-state index contributed by atoms with van der Waals surface area (Å²) < 4.78 is 0. The molecule has 0 aliphatic heterocycles. The second-order valence-electron chi connectivity index (χ2n) is 7.66. The first-order valence-electron chi connectivity index (χ1n) is 7.75. The Hall–Kier alpha value is -1.38. The zero-order chi connectivity index (χ0) is 14.1. The molecule has 106 valence electrons. The van der Waals surface area contributed by atoms with Gasteiger partial charge in [0.05, 0.1) is 5.69 Å². The van der Waals surface area contributed by atoms with Gasteiger partial charge in [0.15, 0.2) is 5.78 Å². The van der Waals surface area contributed by atoms with Crippen LogP contribution < -0.4 is 0 Å². The van der Waals surface area contributed by atoms with E-state index in [1.807, 2.05) is 0 Å². The van der Waals surface area contributed by atoms with Gasteiger partial charge in [0, 0.05) is 35.6 Å². The standard InChI is InChI=1S/C17H22N2O/c1-9-14-12(19-18-9)6-11-7-17(2,3)8-13(20)15(11)16(14)10-4-5-10/h10,16H,4-8H2,1-3H3,(H,18,19). The molecule has 0 aromatic carbocycles. The summed E-state index contributed by atoms with van der Waals surface area (Å²) in [6, 6.07) is 0. The van der Waals surface area contributed by atoms with Gasteiger partial charge in [0.2, 0.25) is 0 Å². The Kier molecular flexibility index (Phi) is 2.37. The molecule has 1 heterocycles. The first kappa shape index (κ1) is 12.4. The number of hydrogen-bond donors (Lipinski definition) is 1. The fraction of sp³-hybridized carbons (Fsp3) is 0.647. The molecule has 1 N–H and O–H groups in total. The van der Waals surface area contributed by atoms with Crippen LogP contribution in [-0.2, 0) is 11.2 Å². The highest BCUT2D eigenvalue weighted by molar-refractivity contribution is 5.99. The molecule has 0 amide bonds. The molecule has 4 rings (SSSR count). The highest BCUT2D eigenvalue weighted by Gasteiger charge is 2.46. The monoisotopic (exact) mass is 270 g/mol. The molecule has 0 bridgehead atoms. The van der Waals surface area contributed by atoms with Crippen LogP contribution in [0.2, 0.25) is 0 Å². The van der Waals surface area contributed by atoms with Crippen molar-refractivity contribution < 1.29 is 4.79 Å². The van der Waals surface area contributed by atoms with Crippen LogP contribution in [0.1, 0.15) is 62.4 Å². The zero-order valence-corrected chi connectivity index (χ0v) is 12.5. The number of hydrogen-bond acceptors (Lipinski definition) is 2. The normalized spacial score (nSPS) is 28.4. The van der Waals surface area contributed by atoms with Crippen LogP contribution in [0.5, 0.6) is 0 Å². The molecule has 0 saturated heterocycles. The number of carbonyl (C=O) groups is 1. The third-order valence-electron chi connectivity index (χ3n) is 5.18. The van der Waals surface area contributed by atoms with Gasteiger partial charge in [-0.2, -0.15) is 5.10 Å². The van der Waals surface area contributed by atoms with Crippen LogP contribution in [0, 0.1) is 18.3 Å². The van der Waals surface area contributed by atoms with Crippen LogP contribution >= 0.6 is 0 Å². The number of aryl methyl sites for hydroxylation is 1. The van der Waals surface area contributed by atoms with Gasteiger partial charge < -0.3 is 0 Å². The second-order valence-corrected chi connectivity index (χ2v) is 7.66. The van der Waals surface area contributed by atoms with Crippen molar-refractivity contribution in [3.05, 3.63) is 28.1 Å². The van der Waals surface area contributed by atoms with E-state index < -0.39 is 0 Å². The van der Waals surface area contributed by atoms with E-state index in [4.69, 9.17) is 0 Å². The molecular weight excluding hydrogens is 248 g/mol. The molecule has 0 radical (unpaired) electrons. The van der Waals surface area contributed by atoms with Crippen molar-refractivity contribution in [2.24, 2.45) is 11.3 Å². The first-order valence-corrected chi connectivity index (χ1v) is 7.75. The lowest BCUT2D eigenvalue weighted by atomic mass is 9.65. The molecule has 1 unspecified atom stereocenters. The van der Waals surface area contributed by atoms with Gasteiger partial charge in [-0.1, -0.05) is 19.4 Å². The van der Waals surface area contributed by atoms with Crippen molar-refractivity contribution >= 4 is 5.78 Å². The Morgan fingerprint density at radius 2 is 2.00 bits per heavy atom. The number of ketones is 1. The number of rotatable bonds is 1. The zero-order valence-electron chi connectivity index (χ0n) is 12.5. The van der Waals surface area contributed by atoms with Crippen molar-refractivity contribution in [1.82, 2.24) is 10.2 Å². The largest absolute Gasteiger partial charge is 0.295 e. The van der Waals surface area contributed by atoms with Crippen LogP contribution in [-0.4, -0.2) is 16.0 Å². The highest BCUT2D eigenvalue weighted by atomic mass is 16.1. The minimum absolute atomic E-state index is 0.118. The number of Topliss-reactive ketones (excluding diaryl/α,β-unsaturated/α-hetero) is 1. The van der Waals surface area contributed by atoms with Gasteiger partial charge in [-0.15, -0.1) is 0 Å². The van der Waals surface area contributed by atoms with E-state index in [-0.39, 0.29) is 5.41 Å². The third-order valence-corrected chi connectivity index (χ3v) is 5.18. The number of allylic oxidation sites excluding steroid dienone is 2. The third kappa shape index (κ3) is 1.72. The lowest BCUT2D eigenvalue weighted by Gasteiger charge is -2.38. The summed E-state index contributed by atoms with van der Waals surface area (Å²) in [4.78, 5) is 12.7. The Bertz CT molecular complexity index is 631. The number of carbonyl (C=O) groups excluding carboxylic acids is 1. The van der Waals surface area contributed by atoms with Crippen molar-refractivity contribution in [3.8, 4) is 0 Å². The number of nitrogens with one attached hydrogen (secondary N) is 1. The Morgan fingerprint density at radius 3 is 2.70 bits per heavy atom. The Labute approximate surface area is 119 Å². The molecule has 1 aromatic rings. The van der Waals surface area contributed by atoms with Crippen molar-refractivity contribution in [2.75, 3.05) is 0 Å². The fourth-order valence-corrected chi connectivity index (χ4v) is 4.30. The number of H-pyrrole nitrogens is 1. The highest BCUT2D eigenvalue weighted by Crippen LogP contribution is 2.54. The summed E-state index contributed by atoms with van der Waals surface area (Å²) >= 11 is 0. The summed E-state index contributed by atoms with van der Waals surface area (Å²) in [7, 11) is 0. The minimum Gasteiger partial charge on any atom is -0.295 e. The quantitative estimate of drug-likeness (QED) is 0.849. The first-order chi connectivity index (χ1) is 9.46. The van der Waals surface area contributed by atoms with E-state index in [1.165, 1.54) is 40.9 Å². The van der Waals surface area contributed by atoms with Crippen LogP contribution in [0.4, 0.5) is 0 Å². The molecule has 1 aromatic heterocycles. The minimum atomic E-state index is 0.118. The second kappa shape index (κ2) is 3.84. The van der Waals surface area contributed by atoms with Crippen LogP contribution in [0.15, 0.2) is 11.1 Å². The molecule has 3 heteroatoms. The van der Waals surface area contributed by atoms with E-state index in [1.54, 1.807) is 0 Å². The summed E-state index contributed by atoms with van der Waals surface area (Å²) in [6.07, 6.45) is 5.18. The molecular formula is C17H22N2O. The summed E-state index contributed by atoms with van der Waals surface area (Å²) in [6.45, 7) is 6.53. The average molecular weight is 270 g/mol. The number of fused-ring (bicyclic) bond motifs is 1. The van der Waals surface area contributed by atoms with Gasteiger partial charge in [0.1, 0.15) is 0 Å². The number of aromatic nitrogens is 2. The number of aromatic amines is 1. The van der Waals surface area contributed by atoms with Gasteiger partial charge in [-0.25, -0.2) is 0 Å². The van der Waals surface area contributed by atoms with Crippen LogP contribution in [0.25, 0.3) is 0 Å².